The van der Waals surface area contributed by atoms with Crippen LogP contribution in [0.1, 0.15) is 58.8 Å². The van der Waals surface area contributed by atoms with Gasteiger partial charge in [0.15, 0.2) is 0 Å². The lowest BCUT2D eigenvalue weighted by Gasteiger charge is -2.43. The van der Waals surface area contributed by atoms with Crippen molar-refractivity contribution in [3.8, 4) is 0 Å². The molecule has 100 valence electrons. The van der Waals surface area contributed by atoms with Crippen molar-refractivity contribution in [1.82, 2.24) is 10.2 Å². The molecule has 2 rings (SSSR count). The van der Waals surface area contributed by atoms with E-state index in [-0.39, 0.29) is 0 Å². The summed E-state index contributed by atoms with van der Waals surface area (Å²) in [5, 5.41) is 3.57. The van der Waals surface area contributed by atoms with E-state index in [0.29, 0.717) is 0 Å². The molecule has 2 fully saturated rings. The van der Waals surface area contributed by atoms with Crippen LogP contribution in [0.2, 0.25) is 0 Å². The summed E-state index contributed by atoms with van der Waals surface area (Å²) in [6.45, 7) is 8.42. The second-order valence-corrected chi connectivity index (χ2v) is 5.93. The molecule has 2 nitrogen and oxygen atoms in total. The van der Waals surface area contributed by atoms with Gasteiger partial charge in [-0.25, -0.2) is 0 Å². The normalized spacial score (nSPS) is 35.1. The number of hydrogen-bond acceptors (Lipinski definition) is 2. The molecule has 1 N–H and O–H groups in total. The lowest BCUT2D eigenvalue weighted by Crippen LogP contribution is -2.51. The highest BCUT2D eigenvalue weighted by Crippen LogP contribution is 2.31. The van der Waals surface area contributed by atoms with E-state index in [2.05, 4.69) is 24.1 Å². The van der Waals surface area contributed by atoms with Crippen molar-refractivity contribution in [3.63, 3.8) is 0 Å². The molecular weight excluding hydrogens is 208 g/mol. The molecule has 1 heterocycles. The van der Waals surface area contributed by atoms with Crippen molar-refractivity contribution in [2.45, 2.75) is 70.9 Å². The summed E-state index contributed by atoms with van der Waals surface area (Å²) in [5.74, 6) is 0.999. The highest BCUT2D eigenvalue weighted by Gasteiger charge is 2.30. The fourth-order valence-electron chi connectivity index (χ4n) is 3.87. The molecule has 1 saturated heterocycles. The van der Waals surface area contributed by atoms with Gasteiger partial charge >= 0.3 is 0 Å². The molecule has 1 aliphatic carbocycles. The molecule has 0 aromatic carbocycles. The first-order chi connectivity index (χ1) is 8.35. The Morgan fingerprint density at radius 2 is 1.88 bits per heavy atom. The molecule has 17 heavy (non-hydrogen) atoms. The molecule has 0 amide bonds. The molecule has 0 radical (unpaired) electrons. The summed E-state index contributed by atoms with van der Waals surface area (Å²) in [7, 11) is 0. The number of rotatable bonds is 4. The first-order valence-corrected chi connectivity index (χ1v) is 7.81. The summed E-state index contributed by atoms with van der Waals surface area (Å²) in [5.41, 5.74) is 0. The van der Waals surface area contributed by atoms with Gasteiger partial charge in [-0.1, -0.05) is 33.1 Å². The van der Waals surface area contributed by atoms with Crippen LogP contribution >= 0.6 is 0 Å². The minimum Gasteiger partial charge on any atom is -0.315 e. The van der Waals surface area contributed by atoms with Crippen molar-refractivity contribution in [1.29, 1.82) is 0 Å². The van der Waals surface area contributed by atoms with E-state index < -0.39 is 0 Å². The standard InChI is InChI=1S/C15H30N2/c1-3-13-7-5-8-14(11-13)17(4-2)15-9-6-10-16-12-15/h13-16H,3-12H2,1-2H3. The van der Waals surface area contributed by atoms with Crippen LogP contribution in [0, 0.1) is 5.92 Å². The Bertz CT molecular complexity index is 211. The lowest BCUT2D eigenvalue weighted by molar-refractivity contribution is 0.0767. The Labute approximate surface area is 107 Å². The van der Waals surface area contributed by atoms with Crippen LogP contribution in [0.15, 0.2) is 0 Å². The van der Waals surface area contributed by atoms with Crippen LogP contribution in [-0.2, 0) is 0 Å². The molecule has 1 saturated carbocycles. The van der Waals surface area contributed by atoms with Gasteiger partial charge in [-0.3, -0.25) is 4.90 Å². The van der Waals surface area contributed by atoms with E-state index in [1.807, 2.05) is 0 Å². The predicted molar refractivity (Wildman–Crippen MR) is 74.3 cm³/mol. The number of nitrogens with zero attached hydrogens (tertiary/aromatic N) is 1. The minimum absolute atomic E-state index is 0.814. The van der Waals surface area contributed by atoms with Gasteiger partial charge in [0.25, 0.3) is 0 Å². The summed E-state index contributed by atoms with van der Waals surface area (Å²) >= 11 is 0. The number of piperidine rings is 1. The Balaban J connectivity index is 1.91. The molecule has 1 aliphatic heterocycles. The smallest absolute Gasteiger partial charge is 0.0223 e. The molecule has 3 atom stereocenters. The van der Waals surface area contributed by atoms with E-state index >= 15 is 0 Å². The maximum atomic E-state index is 3.57. The number of nitrogens with one attached hydrogen (secondary N) is 1. The van der Waals surface area contributed by atoms with E-state index in [0.717, 1.165) is 18.0 Å². The van der Waals surface area contributed by atoms with E-state index in [4.69, 9.17) is 0 Å². The molecule has 2 aliphatic rings. The van der Waals surface area contributed by atoms with E-state index in [1.165, 1.54) is 64.6 Å². The quantitative estimate of drug-likeness (QED) is 0.810. The zero-order valence-corrected chi connectivity index (χ0v) is 11.8. The third-order valence-corrected chi connectivity index (χ3v) is 4.91. The average Bonchev–Trinajstić information content (AvgIpc) is 2.41. The zero-order valence-electron chi connectivity index (χ0n) is 11.8. The summed E-state index contributed by atoms with van der Waals surface area (Å²) in [6, 6.07) is 1.69. The Morgan fingerprint density at radius 1 is 1.06 bits per heavy atom. The summed E-state index contributed by atoms with van der Waals surface area (Å²) < 4.78 is 0. The summed E-state index contributed by atoms with van der Waals surface area (Å²) in [6.07, 6.45) is 10.0. The van der Waals surface area contributed by atoms with Crippen LogP contribution in [0.5, 0.6) is 0 Å². The van der Waals surface area contributed by atoms with Crippen molar-refractivity contribution in [3.05, 3.63) is 0 Å². The van der Waals surface area contributed by atoms with Gasteiger partial charge in [-0.05, 0) is 44.7 Å². The van der Waals surface area contributed by atoms with Crippen molar-refractivity contribution in [2.75, 3.05) is 19.6 Å². The van der Waals surface area contributed by atoms with Crippen LogP contribution < -0.4 is 5.32 Å². The largest absolute Gasteiger partial charge is 0.315 e. The van der Waals surface area contributed by atoms with Gasteiger partial charge in [0.2, 0.25) is 0 Å². The molecular formula is C15H30N2. The molecule has 0 aromatic rings. The molecule has 3 unspecified atom stereocenters. The van der Waals surface area contributed by atoms with Crippen LogP contribution in [0.3, 0.4) is 0 Å². The topological polar surface area (TPSA) is 15.3 Å². The number of hydrogen-bond donors (Lipinski definition) is 1. The average molecular weight is 238 g/mol. The van der Waals surface area contributed by atoms with Crippen LogP contribution in [0.25, 0.3) is 0 Å². The van der Waals surface area contributed by atoms with Crippen LogP contribution in [0.4, 0.5) is 0 Å². The third kappa shape index (κ3) is 3.45. The predicted octanol–water partition coefficient (Wildman–Crippen LogP) is 3.03. The minimum atomic E-state index is 0.814. The Kier molecular flexibility index (Phi) is 5.30. The first kappa shape index (κ1) is 13.4. The van der Waals surface area contributed by atoms with Gasteiger partial charge < -0.3 is 5.32 Å². The SMILES string of the molecule is CCC1CCCC(N(CC)C2CCCNC2)C1. The third-order valence-electron chi connectivity index (χ3n) is 4.91. The van der Waals surface area contributed by atoms with Crippen molar-refractivity contribution >= 4 is 0 Å². The molecule has 0 spiro atoms. The van der Waals surface area contributed by atoms with E-state index in [1.54, 1.807) is 0 Å². The highest BCUT2D eigenvalue weighted by atomic mass is 15.2. The van der Waals surface area contributed by atoms with Crippen LogP contribution in [-0.4, -0.2) is 36.6 Å². The fourth-order valence-corrected chi connectivity index (χ4v) is 3.87. The highest BCUT2D eigenvalue weighted by molar-refractivity contribution is 4.86. The van der Waals surface area contributed by atoms with Gasteiger partial charge in [-0.15, -0.1) is 0 Å². The van der Waals surface area contributed by atoms with Crippen molar-refractivity contribution in [2.24, 2.45) is 5.92 Å². The number of likely N-dealkylation sites (N-methyl/N-ethyl adjacent to an activating group) is 1. The van der Waals surface area contributed by atoms with Crippen molar-refractivity contribution < 1.29 is 0 Å². The van der Waals surface area contributed by atoms with E-state index in [9.17, 15) is 0 Å². The maximum Gasteiger partial charge on any atom is 0.0223 e. The lowest BCUT2D eigenvalue weighted by atomic mass is 9.82. The first-order valence-electron chi connectivity index (χ1n) is 7.81. The van der Waals surface area contributed by atoms with Gasteiger partial charge in [0.1, 0.15) is 0 Å². The molecule has 0 bridgehead atoms. The monoisotopic (exact) mass is 238 g/mol. The van der Waals surface area contributed by atoms with Gasteiger partial charge in [0.05, 0.1) is 0 Å². The van der Waals surface area contributed by atoms with Gasteiger partial charge in [-0.2, -0.15) is 0 Å². The fraction of sp³-hybridized carbons (Fsp3) is 1.00. The Hall–Kier alpha value is -0.0800. The second-order valence-electron chi connectivity index (χ2n) is 5.93. The van der Waals surface area contributed by atoms with Gasteiger partial charge in [0, 0.05) is 18.6 Å². The second kappa shape index (κ2) is 6.75. The Morgan fingerprint density at radius 3 is 2.53 bits per heavy atom. The zero-order chi connectivity index (χ0) is 12.1. The molecule has 2 heteroatoms. The molecule has 0 aromatic heterocycles. The summed E-state index contributed by atoms with van der Waals surface area (Å²) in [4.78, 5) is 2.81. The maximum absolute atomic E-state index is 3.57.